The van der Waals surface area contributed by atoms with Crippen molar-refractivity contribution in [3.8, 4) is 11.1 Å². The summed E-state index contributed by atoms with van der Waals surface area (Å²) < 4.78 is 1.97. The predicted octanol–water partition coefficient (Wildman–Crippen LogP) is 3.55. The zero-order chi connectivity index (χ0) is 19.8. The summed E-state index contributed by atoms with van der Waals surface area (Å²) in [6.07, 6.45) is 6.58. The Kier molecular flexibility index (Phi) is 4.83. The molecule has 1 saturated heterocycles. The Balaban J connectivity index is 1.54. The summed E-state index contributed by atoms with van der Waals surface area (Å²) in [5.41, 5.74) is 4.37. The molecule has 1 fully saturated rings. The molecule has 148 valence electrons. The zero-order valence-corrected chi connectivity index (χ0v) is 16.3. The highest BCUT2D eigenvalue weighted by Crippen LogP contribution is 2.34. The lowest BCUT2D eigenvalue weighted by Crippen LogP contribution is -2.40. The molecule has 2 aliphatic rings. The second-order valence-corrected chi connectivity index (χ2v) is 7.83. The molecule has 4 rings (SSSR count). The van der Waals surface area contributed by atoms with Gasteiger partial charge in [0, 0.05) is 43.5 Å². The normalized spacial score (nSPS) is 20.1. The lowest BCUT2D eigenvalue weighted by Gasteiger charge is -2.34. The van der Waals surface area contributed by atoms with Gasteiger partial charge >= 0.3 is 6.09 Å². The molecule has 0 radical (unpaired) electrons. The number of amides is 2. The molecule has 2 aliphatic heterocycles. The van der Waals surface area contributed by atoms with E-state index in [9.17, 15) is 9.59 Å². The number of carbonyl (C=O) groups excluding carboxylic acids is 1. The molecule has 3 heterocycles. The number of aryl methyl sites for hydroxylation is 1. The number of piperidine rings is 1. The molecule has 1 aromatic heterocycles. The van der Waals surface area contributed by atoms with E-state index >= 15 is 0 Å². The highest BCUT2D eigenvalue weighted by molar-refractivity contribution is 5.94. The van der Waals surface area contributed by atoms with Crippen LogP contribution in [0, 0.1) is 0 Å². The van der Waals surface area contributed by atoms with E-state index in [0.717, 1.165) is 42.5 Å². The van der Waals surface area contributed by atoms with Crippen LogP contribution in [0.15, 0.2) is 30.6 Å². The maximum Gasteiger partial charge on any atom is 0.407 e. The highest BCUT2D eigenvalue weighted by Gasteiger charge is 2.27. The molecule has 1 aromatic carbocycles. The lowest BCUT2D eigenvalue weighted by atomic mass is 9.93. The predicted molar refractivity (Wildman–Crippen MR) is 106 cm³/mol. The molecule has 7 heteroatoms. The van der Waals surface area contributed by atoms with Crippen LogP contribution in [0.1, 0.15) is 44.7 Å². The van der Waals surface area contributed by atoms with Crippen LogP contribution >= 0.6 is 0 Å². The van der Waals surface area contributed by atoms with Crippen LogP contribution < -0.4 is 4.90 Å². The number of rotatable bonds is 2. The fourth-order valence-corrected chi connectivity index (χ4v) is 4.42. The van der Waals surface area contributed by atoms with Gasteiger partial charge in [0.2, 0.25) is 5.91 Å². The smallest absolute Gasteiger partial charge is 0.407 e. The molecule has 0 aliphatic carbocycles. The molecule has 0 unspecified atom stereocenters. The zero-order valence-electron chi connectivity index (χ0n) is 16.3. The molecule has 2 aromatic rings. The van der Waals surface area contributed by atoms with Gasteiger partial charge in [-0.1, -0.05) is 6.07 Å². The Hall–Kier alpha value is -2.83. The van der Waals surface area contributed by atoms with Gasteiger partial charge in [-0.05, 0) is 55.9 Å². The number of fused-ring (bicyclic) bond motifs is 1. The van der Waals surface area contributed by atoms with Gasteiger partial charge in [-0.15, -0.1) is 0 Å². The van der Waals surface area contributed by atoms with Crippen molar-refractivity contribution in [3.63, 3.8) is 0 Å². The van der Waals surface area contributed by atoms with Gasteiger partial charge in [0.05, 0.1) is 12.2 Å². The van der Waals surface area contributed by atoms with Gasteiger partial charge in [-0.25, -0.2) is 4.79 Å². The first-order chi connectivity index (χ1) is 13.4. The second-order valence-electron chi connectivity index (χ2n) is 7.83. The second kappa shape index (κ2) is 7.30. The Morgan fingerprint density at radius 3 is 2.57 bits per heavy atom. The molecular weight excluding hydrogens is 356 g/mol. The van der Waals surface area contributed by atoms with E-state index < -0.39 is 6.09 Å². The van der Waals surface area contributed by atoms with E-state index in [1.165, 1.54) is 10.5 Å². The molecule has 2 amide bonds. The van der Waals surface area contributed by atoms with Crippen molar-refractivity contribution in [1.82, 2.24) is 14.7 Å². The minimum absolute atomic E-state index is 0.0849. The third-order valence-corrected chi connectivity index (χ3v) is 5.99. The summed E-state index contributed by atoms with van der Waals surface area (Å²) >= 11 is 0. The van der Waals surface area contributed by atoms with Crippen molar-refractivity contribution < 1.29 is 14.7 Å². The Morgan fingerprint density at radius 1 is 1.14 bits per heavy atom. The molecule has 1 atom stereocenters. The molecule has 28 heavy (non-hydrogen) atoms. The van der Waals surface area contributed by atoms with Crippen molar-refractivity contribution in [2.75, 3.05) is 18.0 Å². The average Bonchev–Trinajstić information content (AvgIpc) is 3.17. The van der Waals surface area contributed by atoms with Gasteiger partial charge in [-0.2, -0.15) is 5.10 Å². The van der Waals surface area contributed by atoms with Crippen LogP contribution in [0.4, 0.5) is 10.5 Å². The number of benzene rings is 1. The molecule has 1 N–H and O–H groups in total. The van der Waals surface area contributed by atoms with Crippen molar-refractivity contribution in [2.24, 2.45) is 0 Å². The largest absolute Gasteiger partial charge is 0.465 e. The number of hydrogen-bond donors (Lipinski definition) is 1. The minimum atomic E-state index is -0.845. The Morgan fingerprint density at radius 2 is 1.89 bits per heavy atom. The number of hydrogen-bond acceptors (Lipinski definition) is 3. The topological polar surface area (TPSA) is 78.7 Å². The van der Waals surface area contributed by atoms with Crippen LogP contribution in [0.5, 0.6) is 0 Å². The van der Waals surface area contributed by atoms with Gasteiger partial charge in [0.25, 0.3) is 0 Å². The van der Waals surface area contributed by atoms with Crippen LogP contribution in [0.25, 0.3) is 11.1 Å². The van der Waals surface area contributed by atoms with E-state index in [1.807, 2.05) is 21.8 Å². The maximum atomic E-state index is 12.0. The maximum absolute atomic E-state index is 12.0. The van der Waals surface area contributed by atoms with Crippen molar-refractivity contribution in [3.05, 3.63) is 36.2 Å². The van der Waals surface area contributed by atoms with Gasteiger partial charge < -0.3 is 14.9 Å². The summed E-state index contributed by atoms with van der Waals surface area (Å²) in [5.74, 6) is 0.0849. The van der Waals surface area contributed by atoms with Crippen LogP contribution in [0.2, 0.25) is 0 Å². The molecule has 0 spiro atoms. The molecule has 0 saturated carbocycles. The number of aromatic nitrogens is 2. The summed E-state index contributed by atoms with van der Waals surface area (Å²) in [6.45, 7) is 4.82. The van der Waals surface area contributed by atoms with Crippen molar-refractivity contribution in [1.29, 1.82) is 0 Å². The third kappa shape index (κ3) is 3.37. The van der Waals surface area contributed by atoms with Crippen LogP contribution in [0.3, 0.4) is 0 Å². The van der Waals surface area contributed by atoms with E-state index in [2.05, 4.69) is 30.4 Å². The third-order valence-electron chi connectivity index (χ3n) is 5.99. The fourth-order valence-electron chi connectivity index (χ4n) is 4.42. The van der Waals surface area contributed by atoms with E-state index in [1.54, 1.807) is 6.92 Å². The van der Waals surface area contributed by atoms with Crippen LogP contribution in [-0.2, 0) is 11.2 Å². The Labute approximate surface area is 164 Å². The molecule has 0 bridgehead atoms. The van der Waals surface area contributed by atoms with Gasteiger partial charge in [-0.3, -0.25) is 9.48 Å². The van der Waals surface area contributed by atoms with E-state index in [4.69, 9.17) is 5.11 Å². The van der Waals surface area contributed by atoms with Crippen molar-refractivity contribution >= 4 is 17.7 Å². The molecular formula is C21H26N4O3. The van der Waals surface area contributed by atoms with E-state index in [0.29, 0.717) is 13.1 Å². The summed E-state index contributed by atoms with van der Waals surface area (Å²) in [5, 5.41) is 13.6. The molecule has 7 nitrogen and oxygen atoms in total. The summed E-state index contributed by atoms with van der Waals surface area (Å²) in [6, 6.07) is 6.74. The average molecular weight is 382 g/mol. The number of likely N-dealkylation sites (tertiary alicyclic amines) is 1. The number of nitrogens with zero attached hydrogens (tertiary/aromatic N) is 4. The first-order valence-corrected chi connectivity index (χ1v) is 9.89. The first-order valence-electron chi connectivity index (χ1n) is 9.89. The summed E-state index contributed by atoms with van der Waals surface area (Å²) in [7, 11) is 0. The SMILES string of the molecule is CC(=O)N1c2ccc(-c3cnn(C4CCN(C(=O)O)CC4)c3)cc2CC[C@@H]1C. The Bertz CT molecular complexity index is 899. The number of carbonyl (C=O) groups is 2. The summed E-state index contributed by atoms with van der Waals surface area (Å²) in [4.78, 5) is 26.5. The quantitative estimate of drug-likeness (QED) is 0.861. The highest BCUT2D eigenvalue weighted by atomic mass is 16.4. The van der Waals surface area contributed by atoms with E-state index in [-0.39, 0.29) is 18.0 Å². The lowest BCUT2D eigenvalue weighted by molar-refractivity contribution is -0.117. The first kappa shape index (κ1) is 18.5. The van der Waals surface area contributed by atoms with Crippen LogP contribution in [-0.4, -0.2) is 50.9 Å². The van der Waals surface area contributed by atoms with Gasteiger partial charge in [0.1, 0.15) is 0 Å². The monoisotopic (exact) mass is 382 g/mol. The van der Waals surface area contributed by atoms with Crippen molar-refractivity contribution in [2.45, 2.75) is 51.6 Å². The van der Waals surface area contributed by atoms with Gasteiger partial charge in [0.15, 0.2) is 0 Å². The fraction of sp³-hybridized carbons (Fsp3) is 0.476. The standard InChI is InChI=1S/C21H26N4O3/c1-14-3-4-17-11-16(5-6-20(17)25(14)15(2)26)18-12-22-24(13-18)19-7-9-23(10-8-19)21(27)28/h5-6,11-14,19H,3-4,7-10H2,1-2H3,(H,27,28)/t14-/m0/s1. The minimum Gasteiger partial charge on any atom is -0.465 e. The number of anilines is 1. The number of carboxylic acid groups (broad SMARTS) is 1.